The number of aliphatic hydroxyl groups excluding tert-OH is 1. The van der Waals surface area contributed by atoms with Crippen LogP contribution in [0.2, 0.25) is 0 Å². The third-order valence-corrected chi connectivity index (χ3v) is 3.09. The molecule has 1 aliphatic heterocycles. The Hall–Kier alpha value is -0.840. The van der Waals surface area contributed by atoms with Gasteiger partial charge in [-0.15, -0.1) is 0 Å². The van der Waals surface area contributed by atoms with Crippen LogP contribution in [0.25, 0.3) is 0 Å². The van der Waals surface area contributed by atoms with Gasteiger partial charge < -0.3 is 5.11 Å². The lowest BCUT2D eigenvalue weighted by atomic mass is 9.87. The molecule has 0 aromatic heterocycles. The van der Waals surface area contributed by atoms with Crippen molar-refractivity contribution in [2.24, 2.45) is 10.9 Å². The summed E-state index contributed by atoms with van der Waals surface area (Å²) in [7, 11) is 0. The first kappa shape index (κ1) is 11.6. The van der Waals surface area contributed by atoms with Crippen molar-refractivity contribution in [1.29, 1.82) is 0 Å². The molecule has 1 heterocycles. The minimum absolute atomic E-state index is 0.361. The molecule has 2 atom stereocenters. The second-order valence-corrected chi connectivity index (χ2v) is 4.65. The third kappa shape index (κ3) is 2.64. The van der Waals surface area contributed by atoms with Crippen LogP contribution in [0.4, 0.5) is 13.2 Å². The van der Waals surface area contributed by atoms with Crippen LogP contribution in [0.15, 0.2) is 17.1 Å². The van der Waals surface area contributed by atoms with E-state index in [1.165, 1.54) is 6.21 Å². The first-order valence-electron chi connectivity index (χ1n) is 5.39. The van der Waals surface area contributed by atoms with E-state index in [-0.39, 0.29) is 6.42 Å². The van der Waals surface area contributed by atoms with Crippen molar-refractivity contribution in [3.63, 3.8) is 0 Å². The lowest BCUT2D eigenvalue weighted by molar-refractivity contribution is -0.208. The SMILES string of the molecule is OC(CC1(CC2CC2)C=CC=N1)C(F)(F)F. The van der Waals surface area contributed by atoms with E-state index >= 15 is 0 Å². The first-order valence-corrected chi connectivity index (χ1v) is 5.39. The van der Waals surface area contributed by atoms with Gasteiger partial charge in [-0.1, -0.05) is 18.9 Å². The summed E-state index contributed by atoms with van der Waals surface area (Å²) in [5, 5.41) is 9.11. The number of aliphatic hydroxyl groups is 1. The molecule has 2 nitrogen and oxygen atoms in total. The molecule has 5 heteroatoms. The average Bonchev–Trinajstić information content (AvgIpc) is 2.84. The number of hydrogen-bond donors (Lipinski definition) is 1. The lowest BCUT2D eigenvalue weighted by Crippen LogP contribution is -2.37. The molecule has 0 aromatic carbocycles. The van der Waals surface area contributed by atoms with Gasteiger partial charge in [-0.05, 0) is 18.4 Å². The summed E-state index contributed by atoms with van der Waals surface area (Å²) >= 11 is 0. The number of allylic oxidation sites excluding steroid dienone is 1. The monoisotopic (exact) mass is 233 g/mol. The Balaban J connectivity index is 2.02. The number of alkyl halides is 3. The Labute approximate surface area is 91.9 Å². The number of halogens is 3. The van der Waals surface area contributed by atoms with Gasteiger partial charge in [0.05, 0.1) is 5.54 Å². The van der Waals surface area contributed by atoms with Gasteiger partial charge in [-0.2, -0.15) is 13.2 Å². The van der Waals surface area contributed by atoms with Gasteiger partial charge in [0, 0.05) is 12.6 Å². The Morgan fingerprint density at radius 3 is 2.56 bits per heavy atom. The van der Waals surface area contributed by atoms with Gasteiger partial charge in [-0.25, -0.2) is 0 Å². The van der Waals surface area contributed by atoms with E-state index in [9.17, 15) is 13.2 Å². The fourth-order valence-corrected chi connectivity index (χ4v) is 2.05. The summed E-state index contributed by atoms with van der Waals surface area (Å²) < 4.78 is 36.9. The molecule has 2 aliphatic rings. The molecule has 2 unspecified atom stereocenters. The highest BCUT2D eigenvalue weighted by Gasteiger charge is 2.45. The standard InChI is InChI=1S/C11H14F3NO/c12-11(13,14)9(16)7-10(4-1-5-15-10)6-8-2-3-8/h1,4-5,8-9,16H,2-3,6-7H2. The second-order valence-electron chi connectivity index (χ2n) is 4.65. The van der Waals surface area contributed by atoms with Gasteiger partial charge in [0.25, 0.3) is 0 Å². The fourth-order valence-electron chi connectivity index (χ4n) is 2.05. The molecule has 0 bridgehead atoms. The van der Waals surface area contributed by atoms with Gasteiger partial charge in [0.1, 0.15) is 0 Å². The van der Waals surface area contributed by atoms with E-state index in [1.54, 1.807) is 12.2 Å². The van der Waals surface area contributed by atoms with Crippen molar-refractivity contribution in [3.05, 3.63) is 12.2 Å². The number of aliphatic imine (C=N–C) groups is 1. The smallest absolute Gasteiger partial charge is 0.384 e. The summed E-state index contributed by atoms with van der Waals surface area (Å²) in [6.45, 7) is 0. The molecule has 0 radical (unpaired) electrons. The van der Waals surface area contributed by atoms with Crippen LogP contribution in [0.1, 0.15) is 25.7 Å². The Bertz CT molecular complexity index is 306. The molecule has 90 valence electrons. The molecule has 16 heavy (non-hydrogen) atoms. The normalized spacial score (nSPS) is 31.0. The summed E-state index contributed by atoms with van der Waals surface area (Å²) in [6.07, 6.45) is 0.402. The van der Waals surface area contributed by atoms with Gasteiger partial charge in [0.2, 0.25) is 0 Å². The molecular formula is C11H14F3NO. The van der Waals surface area contributed by atoms with Gasteiger partial charge in [-0.3, -0.25) is 4.99 Å². The van der Waals surface area contributed by atoms with Crippen molar-refractivity contribution in [3.8, 4) is 0 Å². The van der Waals surface area contributed by atoms with Crippen molar-refractivity contribution < 1.29 is 18.3 Å². The second kappa shape index (κ2) is 3.87. The Kier molecular flexibility index (Phi) is 2.82. The first-order chi connectivity index (χ1) is 7.41. The van der Waals surface area contributed by atoms with Crippen molar-refractivity contribution in [1.82, 2.24) is 0 Å². The van der Waals surface area contributed by atoms with E-state index in [0.29, 0.717) is 12.3 Å². The predicted octanol–water partition coefficient (Wildman–Crippen LogP) is 2.48. The predicted molar refractivity (Wildman–Crippen MR) is 54.4 cm³/mol. The molecule has 1 fully saturated rings. The van der Waals surface area contributed by atoms with Crippen LogP contribution in [0, 0.1) is 5.92 Å². The van der Waals surface area contributed by atoms with Crippen LogP contribution < -0.4 is 0 Å². The van der Waals surface area contributed by atoms with Crippen LogP contribution in [0.3, 0.4) is 0 Å². The number of rotatable bonds is 4. The molecule has 0 aromatic rings. The zero-order chi connectivity index (χ0) is 11.8. The number of nitrogens with zero attached hydrogens (tertiary/aromatic N) is 1. The van der Waals surface area contributed by atoms with Crippen LogP contribution in [-0.2, 0) is 0 Å². The maximum Gasteiger partial charge on any atom is 0.414 e. The average molecular weight is 233 g/mol. The number of hydrogen-bond acceptors (Lipinski definition) is 2. The molecule has 0 saturated heterocycles. The van der Waals surface area contributed by atoms with E-state index in [0.717, 1.165) is 12.8 Å². The minimum Gasteiger partial charge on any atom is -0.384 e. The van der Waals surface area contributed by atoms with E-state index < -0.39 is 17.8 Å². The molecule has 2 rings (SSSR count). The summed E-state index contributed by atoms with van der Waals surface area (Å²) in [5.41, 5.74) is -0.823. The van der Waals surface area contributed by atoms with Crippen LogP contribution in [0.5, 0.6) is 0 Å². The molecule has 0 amide bonds. The molecule has 1 aliphatic carbocycles. The highest BCUT2D eigenvalue weighted by atomic mass is 19.4. The van der Waals surface area contributed by atoms with Crippen molar-refractivity contribution in [2.75, 3.05) is 0 Å². The van der Waals surface area contributed by atoms with E-state index in [2.05, 4.69) is 4.99 Å². The minimum atomic E-state index is -4.55. The van der Waals surface area contributed by atoms with Crippen molar-refractivity contribution in [2.45, 2.75) is 43.5 Å². The third-order valence-electron chi connectivity index (χ3n) is 3.09. The maximum atomic E-state index is 12.3. The van der Waals surface area contributed by atoms with Gasteiger partial charge in [0.15, 0.2) is 6.10 Å². The zero-order valence-corrected chi connectivity index (χ0v) is 8.74. The Morgan fingerprint density at radius 1 is 1.44 bits per heavy atom. The summed E-state index contributed by atoms with van der Waals surface area (Å²) in [6, 6.07) is 0. The zero-order valence-electron chi connectivity index (χ0n) is 8.74. The quantitative estimate of drug-likeness (QED) is 0.795. The van der Waals surface area contributed by atoms with E-state index in [1.807, 2.05) is 0 Å². The highest BCUT2D eigenvalue weighted by Crippen LogP contribution is 2.42. The Morgan fingerprint density at radius 2 is 2.12 bits per heavy atom. The fraction of sp³-hybridized carbons (Fsp3) is 0.727. The lowest BCUT2D eigenvalue weighted by Gasteiger charge is -2.28. The maximum absolute atomic E-state index is 12.3. The van der Waals surface area contributed by atoms with Crippen LogP contribution >= 0.6 is 0 Å². The topological polar surface area (TPSA) is 32.6 Å². The van der Waals surface area contributed by atoms with E-state index in [4.69, 9.17) is 5.11 Å². The van der Waals surface area contributed by atoms with Crippen molar-refractivity contribution >= 4 is 6.21 Å². The molecular weight excluding hydrogens is 219 g/mol. The highest BCUT2D eigenvalue weighted by molar-refractivity contribution is 5.75. The van der Waals surface area contributed by atoms with Crippen LogP contribution in [-0.4, -0.2) is 29.1 Å². The molecule has 0 spiro atoms. The summed E-state index contributed by atoms with van der Waals surface area (Å²) in [5.74, 6) is 0.473. The molecule has 1 saturated carbocycles. The largest absolute Gasteiger partial charge is 0.414 e. The van der Waals surface area contributed by atoms with Gasteiger partial charge >= 0.3 is 6.18 Å². The summed E-state index contributed by atoms with van der Waals surface area (Å²) in [4.78, 5) is 4.10. The molecule has 1 N–H and O–H groups in total.